The van der Waals surface area contributed by atoms with E-state index in [1.54, 1.807) is 13.8 Å². The Morgan fingerprint density at radius 1 is 1.11 bits per heavy atom. The predicted molar refractivity (Wildman–Crippen MR) is 131 cm³/mol. The van der Waals surface area contributed by atoms with Gasteiger partial charge in [-0.15, -0.1) is 0 Å². The number of nitrogens with zero attached hydrogens (tertiary/aromatic N) is 2. The molecule has 208 valence electrons. The fraction of sp³-hybridized carbons (Fsp3) is 0.519. The molecule has 1 heterocycles. The maximum Gasteiger partial charge on any atom is 0.421 e. The van der Waals surface area contributed by atoms with Crippen LogP contribution in [0.15, 0.2) is 24.4 Å². The Kier molecular flexibility index (Phi) is 9.01. The third-order valence-electron chi connectivity index (χ3n) is 6.70. The van der Waals surface area contributed by atoms with Crippen LogP contribution in [0, 0.1) is 17.7 Å². The van der Waals surface area contributed by atoms with Crippen molar-refractivity contribution < 1.29 is 41.7 Å². The Hall–Kier alpha value is -3.21. The van der Waals surface area contributed by atoms with Crippen molar-refractivity contribution in [2.45, 2.75) is 71.7 Å². The van der Waals surface area contributed by atoms with E-state index in [0.717, 1.165) is 38.3 Å². The number of rotatable bonds is 7. The van der Waals surface area contributed by atoms with E-state index in [0.29, 0.717) is 24.8 Å². The number of amides is 1. The second kappa shape index (κ2) is 11.7. The van der Waals surface area contributed by atoms with Crippen LogP contribution in [0.5, 0.6) is 11.6 Å². The highest BCUT2D eigenvalue weighted by Gasteiger charge is 2.37. The number of carbonyl (C=O) groups is 2. The summed E-state index contributed by atoms with van der Waals surface area (Å²) in [6.07, 6.45) is -2.11. The lowest BCUT2D eigenvalue weighted by Crippen LogP contribution is -2.43. The topological polar surface area (TPSA) is 89.0 Å². The van der Waals surface area contributed by atoms with Gasteiger partial charge in [-0.05, 0) is 64.0 Å². The number of halogens is 4. The monoisotopic (exact) mass is 540 g/mol. The SMILES string of the molecule is COC(=O)c1cc(Oc2ncc(C(C)O)cc2C(F)(F)F)c(F)cc1N(C(=O)[C@H]1CC[C@H](C)CC1)C(C)C. The van der Waals surface area contributed by atoms with Gasteiger partial charge < -0.3 is 19.5 Å². The summed E-state index contributed by atoms with van der Waals surface area (Å²) in [7, 11) is 1.10. The second-order valence-corrected chi connectivity index (χ2v) is 9.95. The predicted octanol–water partition coefficient (Wildman–Crippen LogP) is 6.44. The van der Waals surface area contributed by atoms with Gasteiger partial charge in [0.15, 0.2) is 11.6 Å². The molecular formula is C27H32F4N2O5. The Labute approximate surface area is 218 Å². The molecule has 7 nitrogen and oxygen atoms in total. The molecular weight excluding hydrogens is 508 g/mol. The number of benzene rings is 1. The van der Waals surface area contributed by atoms with E-state index in [9.17, 15) is 27.9 Å². The van der Waals surface area contributed by atoms with Gasteiger partial charge in [0, 0.05) is 30.3 Å². The normalized spacial score (nSPS) is 18.7. The molecule has 2 aromatic rings. The third-order valence-corrected chi connectivity index (χ3v) is 6.70. The standard InChI is InChI=1S/C27H32F4N2O5/c1-14(2)33(25(35)17-8-6-15(3)7-9-17)22-12-21(28)23(11-19(22)26(36)37-5)38-24-20(27(29,30)31)10-18(13-32-24)16(4)34/h10-17,34H,6-9H2,1-5H3/t15-,16?,17-. The van der Waals surface area contributed by atoms with E-state index in [4.69, 9.17) is 9.47 Å². The zero-order valence-electron chi connectivity index (χ0n) is 21.9. The number of ether oxygens (including phenoxy) is 2. The summed E-state index contributed by atoms with van der Waals surface area (Å²) >= 11 is 0. The Morgan fingerprint density at radius 2 is 1.74 bits per heavy atom. The smallest absolute Gasteiger partial charge is 0.421 e. The van der Waals surface area contributed by atoms with E-state index < -0.39 is 47.3 Å². The Bertz CT molecular complexity index is 1170. The maximum atomic E-state index is 15.3. The van der Waals surface area contributed by atoms with Crippen LogP contribution < -0.4 is 9.64 Å². The summed E-state index contributed by atoms with van der Waals surface area (Å²) in [5.74, 6) is -3.76. The van der Waals surface area contributed by atoms with E-state index in [-0.39, 0.29) is 28.6 Å². The van der Waals surface area contributed by atoms with E-state index in [2.05, 4.69) is 11.9 Å². The minimum absolute atomic E-state index is 0.0613. The van der Waals surface area contributed by atoms with E-state index in [1.165, 1.54) is 11.8 Å². The summed E-state index contributed by atoms with van der Waals surface area (Å²) in [5.41, 5.74) is -1.75. The average molecular weight is 541 g/mol. The Morgan fingerprint density at radius 3 is 2.26 bits per heavy atom. The van der Waals surface area contributed by atoms with Gasteiger partial charge in [-0.3, -0.25) is 4.79 Å². The zero-order valence-corrected chi connectivity index (χ0v) is 21.9. The van der Waals surface area contributed by atoms with Gasteiger partial charge in [-0.1, -0.05) is 6.92 Å². The fourth-order valence-electron chi connectivity index (χ4n) is 4.53. The van der Waals surface area contributed by atoms with E-state index >= 15 is 4.39 Å². The van der Waals surface area contributed by atoms with Crippen LogP contribution in [0.4, 0.5) is 23.2 Å². The van der Waals surface area contributed by atoms with Crippen molar-refractivity contribution in [2.24, 2.45) is 11.8 Å². The second-order valence-electron chi connectivity index (χ2n) is 9.95. The third kappa shape index (κ3) is 6.43. The van der Waals surface area contributed by atoms with Crippen LogP contribution in [-0.2, 0) is 15.7 Å². The summed E-state index contributed by atoms with van der Waals surface area (Å²) in [6.45, 7) is 6.82. The number of aliphatic hydroxyl groups is 1. The maximum absolute atomic E-state index is 15.3. The lowest BCUT2D eigenvalue weighted by molar-refractivity contribution is -0.139. The summed E-state index contributed by atoms with van der Waals surface area (Å²) in [5, 5.41) is 9.65. The lowest BCUT2D eigenvalue weighted by atomic mass is 9.82. The number of aromatic nitrogens is 1. The molecule has 1 aliphatic carbocycles. The minimum atomic E-state index is -4.92. The molecule has 0 spiro atoms. The molecule has 1 amide bonds. The average Bonchev–Trinajstić information content (AvgIpc) is 2.84. The summed E-state index contributed by atoms with van der Waals surface area (Å²) in [4.78, 5) is 31.2. The van der Waals surface area contributed by atoms with Gasteiger partial charge in [-0.25, -0.2) is 14.2 Å². The quantitative estimate of drug-likeness (QED) is 0.321. The first-order valence-electron chi connectivity index (χ1n) is 12.4. The van der Waals surface area contributed by atoms with Crippen LogP contribution in [-0.4, -0.2) is 35.1 Å². The van der Waals surface area contributed by atoms with Crippen LogP contribution >= 0.6 is 0 Å². The molecule has 1 fully saturated rings. The largest absolute Gasteiger partial charge is 0.465 e. The number of methoxy groups -OCH3 is 1. The van der Waals surface area contributed by atoms with Gasteiger partial charge in [0.1, 0.15) is 5.56 Å². The molecule has 1 aromatic carbocycles. The number of esters is 1. The van der Waals surface area contributed by atoms with Gasteiger partial charge in [0.25, 0.3) is 0 Å². The molecule has 11 heteroatoms. The molecule has 0 radical (unpaired) electrons. The summed E-state index contributed by atoms with van der Waals surface area (Å²) in [6, 6.07) is 2.00. The van der Waals surface area contributed by atoms with Crippen molar-refractivity contribution in [3.63, 3.8) is 0 Å². The molecule has 1 aliphatic rings. The first-order chi connectivity index (χ1) is 17.7. The molecule has 3 rings (SSSR count). The van der Waals surface area contributed by atoms with Crippen molar-refractivity contribution in [1.82, 2.24) is 4.98 Å². The number of anilines is 1. The van der Waals surface area contributed by atoms with Crippen LogP contribution in [0.2, 0.25) is 0 Å². The molecule has 0 bridgehead atoms. The number of carbonyl (C=O) groups excluding carboxylic acids is 2. The fourth-order valence-corrected chi connectivity index (χ4v) is 4.53. The molecule has 0 aliphatic heterocycles. The van der Waals surface area contributed by atoms with Crippen LogP contribution in [0.1, 0.15) is 81.0 Å². The highest BCUT2D eigenvalue weighted by molar-refractivity contribution is 6.04. The van der Waals surface area contributed by atoms with Gasteiger partial charge in [0.05, 0.1) is 24.5 Å². The molecule has 1 N–H and O–H groups in total. The number of alkyl halides is 3. The molecule has 0 saturated heterocycles. The van der Waals surface area contributed by atoms with Crippen molar-refractivity contribution >= 4 is 17.6 Å². The van der Waals surface area contributed by atoms with Crippen molar-refractivity contribution in [3.8, 4) is 11.6 Å². The number of hydrogen-bond acceptors (Lipinski definition) is 6. The molecule has 1 saturated carbocycles. The molecule has 1 unspecified atom stereocenters. The first-order valence-corrected chi connectivity index (χ1v) is 12.4. The lowest BCUT2D eigenvalue weighted by Gasteiger charge is -2.34. The van der Waals surface area contributed by atoms with Gasteiger partial charge >= 0.3 is 12.1 Å². The number of hydrogen-bond donors (Lipinski definition) is 1. The van der Waals surface area contributed by atoms with Crippen LogP contribution in [0.3, 0.4) is 0 Å². The van der Waals surface area contributed by atoms with Crippen molar-refractivity contribution in [1.29, 1.82) is 0 Å². The minimum Gasteiger partial charge on any atom is -0.465 e. The highest BCUT2D eigenvalue weighted by Crippen LogP contribution is 2.40. The Balaban J connectivity index is 2.08. The van der Waals surface area contributed by atoms with Gasteiger partial charge in [0.2, 0.25) is 11.8 Å². The molecule has 38 heavy (non-hydrogen) atoms. The van der Waals surface area contributed by atoms with E-state index in [1.807, 2.05) is 0 Å². The van der Waals surface area contributed by atoms with Crippen molar-refractivity contribution in [2.75, 3.05) is 12.0 Å². The summed E-state index contributed by atoms with van der Waals surface area (Å²) < 4.78 is 66.5. The van der Waals surface area contributed by atoms with Crippen molar-refractivity contribution in [3.05, 3.63) is 46.9 Å². The van der Waals surface area contributed by atoms with Crippen LogP contribution in [0.25, 0.3) is 0 Å². The number of pyridine rings is 1. The number of aliphatic hydroxyl groups excluding tert-OH is 1. The first kappa shape index (κ1) is 29.3. The zero-order chi connectivity index (χ0) is 28.4. The highest BCUT2D eigenvalue weighted by atomic mass is 19.4. The molecule has 1 atom stereocenters. The van der Waals surface area contributed by atoms with Gasteiger partial charge in [-0.2, -0.15) is 13.2 Å². The molecule has 1 aromatic heterocycles.